The van der Waals surface area contributed by atoms with Gasteiger partial charge in [-0.2, -0.15) is 4.68 Å². The van der Waals surface area contributed by atoms with Crippen molar-refractivity contribution in [1.82, 2.24) is 19.9 Å². The summed E-state index contributed by atoms with van der Waals surface area (Å²) in [6, 6.07) is 3.88. The molecule has 0 radical (unpaired) electrons. The number of aromatic nitrogens is 4. The molecule has 0 aliphatic rings. The van der Waals surface area contributed by atoms with Gasteiger partial charge in [0.1, 0.15) is 12.0 Å². The molecule has 9 heteroatoms. The quantitative estimate of drug-likeness (QED) is 0.576. The largest absolute Gasteiger partial charge is 0.444 e. The molecule has 0 bridgehead atoms. The van der Waals surface area contributed by atoms with Crippen molar-refractivity contribution in [3.63, 3.8) is 0 Å². The van der Waals surface area contributed by atoms with E-state index < -0.39 is 0 Å². The average Bonchev–Trinajstić information content (AvgIpc) is 3.14. The average molecular weight is 321 g/mol. The van der Waals surface area contributed by atoms with E-state index in [1.807, 2.05) is 17.5 Å². The number of nitrogen functional groups attached to an aromatic ring is 1. The van der Waals surface area contributed by atoms with Crippen LogP contribution in [0.4, 0.5) is 0 Å². The molecule has 0 fully saturated rings. The molecular weight excluding hydrogens is 310 g/mol. The maximum Gasteiger partial charge on any atom is 0.294 e. The molecule has 0 spiro atoms. The number of nitrogens with zero attached hydrogens (tertiary/aromatic N) is 4. The van der Waals surface area contributed by atoms with Gasteiger partial charge in [-0.1, -0.05) is 17.8 Å². The SMILES string of the molecule is Cc1nnc(SCc2coc(-c3cccs3)n2)n(N)c1=O. The van der Waals surface area contributed by atoms with E-state index in [9.17, 15) is 4.79 Å². The van der Waals surface area contributed by atoms with Crippen LogP contribution in [0.25, 0.3) is 10.8 Å². The number of aryl methyl sites for hydroxylation is 1. The van der Waals surface area contributed by atoms with Crippen LogP contribution in [0.15, 0.2) is 38.1 Å². The van der Waals surface area contributed by atoms with Crippen molar-refractivity contribution in [3.8, 4) is 10.8 Å². The monoisotopic (exact) mass is 321 g/mol. The summed E-state index contributed by atoms with van der Waals surface area (Å²) in [5.41, 5.74) is 0.661. The van der Waals surface area contributed by atoms with E-state index in [0.29, 0.717) is 16.8 Å². The number of nitrogens with two attached hydrogens (primary N) is 1. The van der Waals surface area contributed by atoms with Gasteiger partial charge in [-0.25, -0.2) is 4.98 Å². The van der Waals surface area contributed by atoms with E-state index in [0.717, 1.165) is 15.2 Å². The second-order valence-electron chi connectivity index (χ2n) is 4.15. The molecule has 2 N–H and O–H groups in total. The Labute approximate surface area is 127 Å². The van der Waals surface area contributed by atoms with Crippen molar-refractivity contribution >= 4 is 23.1 Å². The van der Waals surface area contributed by atoms with Gasteiger partial charge in [0.2, 0.25) is 11.0 Å². The minimum atomic E-state index is -0.355. The van der Waals surface area contributed by atoms with Crippen LogP contribution in [-0.2, 0) is 5.75 Å². The summed E-state index contributed by atoms with van der Waals surface area (Å²) < 4.78 is 6.41. The van der Waals surface area contributed by atoms with E-state index in [2.05, 4.69) is 15.2 Å². The molecule has 0 amide bonds. The summed E-state index contributed by atoms with van der Waals surface area (Å²) in [6.07, 6.45) is 1.59. The van der Waals surface area contributed by atoms with Crippen LogP contribution >= 0.6 is 23.1 Å². The Morgan fingerprint density at radius 2 is 2.33 bits per heavy atom. The minimum Gasteiger partial charge on any atom is -0.444 e. The van der Waals surface area contributed by atoms with Crippen molar-refractivity contribution in [2.24, 2.45) is 0 Å². The Morgan fingerprint density at radius 1 is 1.48 bits per heavy atom. The fourth-order valence-corrected chi connectivity index (χ4v) is 2.98. The fourth-order valence-electron chi connectivity index (χ4n) is 1.59. The van der Waals surface area contributed by atoms with Gasteiger partial charge in [0, 0.05) is 5.75 Å². The predicted molar refractivity (Wildman–Crippen MR) is 80.6 cm³/mol. The van der Waals surface area contributed by atoms with Gasteiger partial charge in [0.25, 0.3) is 5.56 Å². The molecule has 3 heterocycles. The molecule has 0 atom stereocenters. The van der Waals surface area contributed by atoms with E-state index in [1.54, 1.807) is 24.5 Å². The van der Waals surface area contributed by atoms with E-state index in [4.69, 9.17) is 10.3 Å². The highest BCUT2D eigenvalue weighted by Gasteiger charge is 2.11. The Bertz CT molecular complexity index is 809. The van der Waals surface area contributed by atoms with Crippen LogP contribution in [0.5, 0.6) is 0 Å². The third-order valence-corrected chi connectivity index (χ3v) is 4.49. The van der Waals surface area contributed by atoms with Crippen molar-refractivity contribution in [1.29, 1.82) is 0 Å². The molecule has 3 rings (SSSR count). The summed E-state index contributed by atoms with van der Waals surface area (Å²) in [5.74, 6) is 6.74. The molecule has 0 aliphatic carbocycles. The number of thiophene rings is 1. The molecule has 21 heavy (non-hydrogen) atoms. The van der Waals surface area contributed by atoms with Crippen molar-refractivity contribution in [2.45, 2.75) is 17.8 Å². The third kappa shape index (κ3) is 2.83. The lowest BCUT2D eigenvalue weighted by molar-refractivity contribution is 0.575. The van der Waals surface area contributed by atoms with Gasteiger partial charge in [0.15, 0.2) is 0 Å². The molecule has 108 valence electrons. The van der Waals surface area contributed by atoms with Crippen molar-refractivity contribution in [3.05, 3.63) is 45.5 Å². The molecule has 3 aromatic heterocycles. The van der Waals surface area contributed by atoms with Crippen LogP contribution < -0.4 is 11.4 Å². The first-order chi connectivity index (χ1) is 10.1. The van der Waals surface area contributed by atoms with E-state index >= 15 is 0 Å². The highest BCUT2D eigenvalue weighted by molar-refractivity contribution is 7.98. The van der Waals surface area contributed by atoms with Crippen molar-refractivity contribution < 1.29 is 4.42 Å². The topological polar surface area (TPSA) is 99.8 Å². The number of hydrogen-bond donors (Lipinski definition) is 1. The van der Waals surface area contributed by atoms with Crippen LogP contribution in [0.2, 0.25) is 0 Å². The second kappa shape index (κ2) is 5.70. The van der Waals surface area contributed by atoms with Gasteiger partial charge in [0.05, 0.1) is 10.6 Å². The zero-order chi connectivity index (χ0) is 14.8. The maximum atomic E-state index is 11.6. The zero-order valence-corrected chi connectivity index (χ0v) is 12.6. The lowest BCUT2D eigenvalue weighted by atomic mass is 10.5. The van der Waals surface area contributed by atoms with Crippen LogP contribution in [0, 0.1) is 6.92 Å². The van der Waals surface area contributed by atoms with Crippen LogP contribution in [0.1, 0.15) is 11.4 Å². The highest BCUT2D eigenvalue weighted by Crippen LogP contribution is 2.25. The maximum absolute atomic E-state index is 11.6. The Balaban J connectivity index is 1.74. The lowest BCUT2D eigenvalue weighted by Crippen LogP contribution is -2.32. The first-order valence-electron chi connectivity index (χ1n) is 5.97. The van der Waals surface area contributed by atoms with Gasteiger partial charge in [-0.3, -0.25) is 4.79 Å². The molecule has 0 saturated carbocycles. The Hall–Kier alpha value is -2.13. The molecule has 3 aromatic rings. The second-order valence-corrected chi connectivity index (χ2v) is 6.04. The number of oxazole rings is 1. The molecule has 0 saturated heterocycles. The number of thioether (sulfide) groups is 1. The van der Waals surface area contributed by atoms with Crippen LogP contribution in [0.3, 0.4) is 0 Å². The van der Waals surface area contributed by atoms with Gasteiger partial charge >= 0.3 is 0 Å². The summed E-state index contributed by atoms with van der Waals surface area (Å²) in [4.78, 5) is 17.0. The molecule has 0 aliphatic heterocycles. The Kier molecular flexibility index (Phi) is 3.76. The molecule has 0 aromatic carbocycles. The third-order valence-electron chi connectivity index (χ3n) is 2.65. The number of hydrogen-bond acceptors (Lipinski definition) is 8. The zero-order valence-electron chi connectivity index (χ0n) is 11.0. The predicted octanol–water partition coefficient (Wildman–Crippen LogP) is 1.67. The highest BCUT2D eigenvalue weighted by atomic mass is 32.2. The molecular formula is C12H11N5O2S2. The lowest BCUT2D eigenvalue weighted by Gasteiger charge is -2.04. The Morgan fingerprint density at radius 3 is 3.10 bits per heavy atom. The summed E-state index contributed by atoms with van der Waals surface area (Å²) in [7, 11) is 0. The smallest absolute Gasteiger partial charge is 0.294 e. The fraction of sp³-hybridized carbons (Fsp3) is 0.167. The van der Waals surface area contributed by atoms with Gasteiger partial charge in [-0.15, -0.1) is 21.5 Å². The van der Waals surface area contributed by atoms with Gasteiger partial charge in [-0.05, 0) is 18.4 Å². The van der Waals surface area contributed by atoms with E-state index in [1.165, 1.54) is 11.8 Å². The molecule has 7 nitrogen and oxygen atoms in total. The van der Waals surface area contributed by atoms with Crippen molar-refractivity contribution in [2.75, 3.05) is 5.84 Å². The molecule has 0 unspecified atom stereocenters. The standard InChI is InChI=1S/C12H11N5O2S2/c1-7-11(18)17(13)12(16-15-7)21-6-8-5-19-10(14-8)9-3-2-4-20-9/h2-5H,6,13H2,1H3. The summed E-state index contributed by atoms with van der Waals surface area (Å²) in [6.45, 7) is 1.57. The first kappa shape index (κ1) is 13.8. The summed E-state index contributed by atoms with van der Waals surface area (Å²) >= 11 is 2.84. The van der Waals surface area contributed by atoms with Crippen LogP contribution in [-0.4, -0.2) is 19.9 Å². The van der Waals surface area contributed by atoms with Gasteiger partial charge < -0.3 is 10.3 Å². The summed E-state index contributed by atoms with van der Waals surface area (Å²) in [5, 5.41) is 9.98. The number of rotatable bonds is 4. The van der Waals surface area contributed by atoms with E-state index in [-0.39, 0.29) is 11.3 Å². The first-order valence-corrected chi connectivity index (χ1v) is 7.84. The minimum absolute atomic E-state index is 0.267. The normalized spacial score (nSPS) is 10.9.